The van der Waals surface area contributed by atoms with Gasteiger partial charge in [-0.3, -0.25) is 4.79 Å². The number of rotatable bonds is 3. The van der Waals surface area contributed by atoms with E-state index in [2.05, 4.69) is 10.2 Å². The monoisotopic (exact) mass is 313 g/mol. The van der Waals surface area contributed by atoms with Gasteiger partial charge in [-0.05, 0) is 6.92 Å². The molecule has 0 bridgehead atoms. The summed E-state index contributed by atoms with van der Waals surface area (Å²) in [6, 6.07) is -1.46. The topological polar surface area (TPSA) is 131 Å². The summed E-state index contributed by atoms with van der Waals surface area (Å²) in [5.41, 5.74) is 0. The number of aromatic nitrogens is 2. The molecule has 3 rings (SSSR count). The van der Waals surface area contributed by atoms with E-state index in [9.17, 15) is 23.1 Å². The van der Waals surface area contributed by atoms with Gasteiger partial charge in [-0.25, -0.2) is 13.2 Å². The van der Waals surface area contributed by atoms with Gasteiger partial charge in [0.15, 0.2) is 15.9 Å². The van der Waals surface area contributed by atoms with Crippen molar-refractivity contribution in [3.05, 3.63) is 18.4 Å². The molecule has 2 fully saturated rings. The molecule has 0 aliphatic carbocycles. The van der Waals surface area contributed by atoms with E-state index in [1.165, 1.54) is 19.1 Å². The molecule has 3 heterocycles. The number of β-lactam (4-membered cyclic amide) rings is 1. The van der Waals surface area contributed by atoms with Crippen LogP contribution >= 0.6 is 0 Å². The van der Waals surface area contributed by atoms with Crippen molar-refractivity contribution < 1.29 is 27.5 Å². The highest BCUT2D eigenvalue weighted by molar-refractivity contribution is 7.94. The quantitative estimate of drug-likeness (QED) is 0.723. The molecule has 0 saturated carbocycles. The largest absolute Gasteiger partial charge is 0.480 e. The Labute approximate surface area is 119 Å². The molecule has 1 N–H and O–H groups in total. The zero-order valence-electron chi connectivity index (χ0n) is 10.8. The molecule has 1 aromatic rings. The standard InChI is InChI=1S/C11H11N3O6S/c1-11(3-2-6-13-12-5-20-6)9(10(16)17)14-7(15)4-8(14)21(11,18)19/h2-3,5,8-9H,4H2,1H3,(H,16,17)/b3-2+/t8-,9+,11+/m1/s1. The maximum Gasteiger partial charge on any atom is 0.328 e. The minimum absolute atomic E-state index is 0.0520. The summed E-state index contributed by atoms with van der Waals surface area (Å²) in [6.45, 7) is 1.28. The van der Waals surface area contributed by atoms with E-state index in [0.29, 0.717) is 0 Å². The molecule has 3 atom stereocenters. The Morgan fingerprint density at radius 2 is 2.33 bits per heavy atom. The van der Waals surface area contributed by atoms with E-state index in [1.807, 2.05) is 0 Å². The number of carboxylic acids is 1. The van der Waals surface area contributed by atoms with Crippen LogP contribution in [0.1, 0.15) is 19.2 Å². The van der Waals surface area contributed by atoms with E-state index >= 15 is 0 Å². The van der Waals surface area contributed by atoms with Gasteiger partial charge >= 0.3 is 5.97 Å². The molecule has 2 aliphatic heterocycles. The van der Waals surface area contributed by atoms with Crippen LogP contribution in [0.15, 0.2) is 16.9 Å². The summed E-state index contributed by atoms with van der Waals surface area (Å²) in [6.07, 6.45) is 3.32. The van der Waals surface area contributed by atoms with Crippen LogP contribution in [-0.2, 0) is 19.4 Å². The molecule has 112 valence electrons. The predicted octanol–water partition coefficient (Wildman–Crippen LogP) is -0.718. The Bertz CT molecular complexity index is 740. The molecule has 1 aromatic heterocycles. The number of carbonyl (C=O) groups excluding carboxylic acids is 1. The van der Waals surface area contributed by atoms with Gasteiger partial charge in [-0.1, -0.05) is 6.08 Å². The molecule has 1 amide bonds. The lowest BCUT2D eigenvalue weighted by atomic mass is 9.96. The van der Waals surface area contributed by atoms with Crippen molar-refractivity contribution >= 4 is 27.8 Å². The number of nitrogens with zero attached hydrogens (tertiary/aromatic N) is 3. The predicted molar refractivity (Wildman–Crippen MR) is 67.3 cm³/mol. The number of carbonyl (C=O) groups is 2. The Morgan fingerprint density at radius 3 is 2.86 bits per heavy atom. The Balaban J connectivity index is 2.08. The number of aliphatic carboxylic acids is 1. The van der Waals surface area contributed by atoms with Crippen molar-refractivity contribution in [3.63, 3.8) is 0 Å². The van der Waals surface area contributed by atoms with Gasteiger partial charge in [0.2, 0.25) is 18.2 Å². The zero-order valence-corrected chi connectivity index (χ0v) is 11.6. The lowest BCUT2D eigenvalue weighted by molar-refractivity contribution is -0.157. The van der Waals surface area contributed by atoms with Gasteiger partial charge < -0.3 is 14.4 Å². The van der Waals surface area contributed by atoms with Gasteiger partial charge in [-0.15, -0.1) is 10.2 Å². The summed E-state index contributed by atoms with van der Waals surface area (Å²) >= 11 is 0. The lowest BCUT2D eigenvalue weighted by Gasteiger charge is -2.35. The van der Waals surface area contributed by atoms with Crippen molar-refractivity contribution in [1.82, 2.24) is 15.1 Å². The maximum atomic E-state index is 12.5. The Morgan fingerprint density at radius 1 is 1.62 bits per heavy atom. The molecule has 21 heavy (non-hydrogen) atoms. The molecule has 2 aliphatic rings. The van der Waals surface area contributed by atoms with Crippen molar-refractivity contribution in [1.29, 1.82) is 0 Å². The van der Waals surface area contributed by atoms with E-state index in [4.69, 9.17) is 4.42 Å². The second kappa shape index (κ2) is 4.13. The van der Waals surface area contributed by atoms with Crippen LogP contribution in [-0.4, -0.2) is 56.7 Å². The fraction of sp³-hybridized carbons (Fsp3) is 0.455. The van der Waals surface area contributed by atoms with Crippen molar-refractivity contribution in [3.8, 4) is 0 Å². The summed E-state index contributed by atoms with van der Waals surface area (Å²) in [7, 11) is -3.86. The lowest BCUT2D eigenvalue weighted by Crippen LogP contribution is -2.57. The number of carboxylic acid groups (broad SMARTS) is 1. The van der Waals surface area contributed by atoms with Crippen molar-refractivity contribution in [2.75, 3.05) is 0 Å². The molecule has 0 aromatic carbocycles. The summed E-state index contributed by atoms with van der Waals surface area (Å²) in [5.74, 6) is -1.80. The van der Waals surface area contributed by atoms with Crippen LogP contribution in [0.3, 0.4) is 0 Å². The molecular formula is C11H11N3O6S. The van der Waals surface area contributed by atoms with Gasteiger partial charge in [0, 0.05) is 6.08 Å². The van der Waals surface area contributed by atoms with Crippen LogP contribution in [0, 0.1) is 0 Å². The number of hydrogen-bond acceptors (Lipinski definition) is 7. The third-order valence-electron chi connectivity index (χ3n) is 3.91. The fourth-order valence-electron chi connectivity index (χ4n) is 2.74. The smallest absolute Gasteiger partial charge is 0.328 e. The van der Waals surface area contributed by atoms with Crippen LogP contribution in [0.25, 0.3) is 6.08 Å². The normalized spacial score (nSPS) is 34.0. The number of hydrogen-bond donors (Lipinski definition) is 1. The van der Waals surface area contributed by atoms with E-state index in [-0.39, 0.29) is 12.3 Å². The third kappa shape index (κ3) is 1.65. The molecule has 2 saturated heterocycles. The minimum atomic E-state index is -3.86. The SMILES string of the molecule is C[C@]1(/C=C/c2nnco2)[C@H](C(=O)O)N2C(=O)C[C@H]2S1(=O)=O. The second-order valence-electron chi connectivity index (χ2n) is 5.04. The zero-order chi connectivity index (χ0) is 15.4. The summed E-state index contributed by atoms with van der Waals surface area (Å²) in [5, 5.41) is 15.3. The van der Waals surface area contributed by atoms with Gasteiger partial charge in [0.25, 0.3) is 0 Å². The van der Waals surface area contributed by atoms with E-state index in [0.717, 1.165) is 11.3 Å². The van der Waals surface area contributed by atoms with E-state index < -0.39 is 37.9 Å². The average Bonchev–Trinajstić information content (AvgIpc) is 2.95. The summed E-state index contributed by atoms with van der Waals surface area (Å²) in [4.78, 5) is 23.9. The highest BCUT2D eigenvalue weighted by atomic mass is 32.2. The first-order valence-corrected chi connectivity index (χ1v) is 7.56. The first-order valence-electron chi connectivity index (χ1n) is 6.02. The van der Waals surface area contributed by atoms with Gasteiger partial charge in [0.1, 0.15) is 10.1 Å². The van der Waals surface area contributed by atoms with Gasteiger partial charge in [-0.2, -0.15) is 0 Å². The third-order valence-corrected chi connectivity index (χ3v) is 6.60. The first-order chi connectivity index (χ1) is 9.79. The van der Waals surface area contributed by atoms with Crippen molar-refractivity contribution in [2.24, 2.45) is 0 Å². The van der Waals surface area contributed by atoms with Crippen molar-refractivity contribution in [2.45, 2.75) is 29.5 Å². The highest BCUT2D eigenvalue weighted by Gasteiger charge is 2.69. The Hall–Kier alpha value is -2.23. The van der Waals surface area contributed by atoms with Crippen LogP contribution in [0.4, 0.5) is 0 Å². The van der Waals surface area contributed by atoms with Crippen LogP contribution in [0.2, 0.25) is 0 Å². The van der Waals surface area contributed by atoms with E-state index in [1.54, 1.807) is 0 Å². The molecule has 0 radical (unpaired) electrons. The minimum Gasteiger partial charge on any atom is -0.480 e. The molecular weight excluding hydrogens is 302 g/mol. The van der Waals surface area contributed by atoms with Crippen LogP contribution < -0.4 is 0 Å². The van der Waals surface area contributed by atoms with Gasteiger partial charge in [0.05, 0.1) is 6.42 Å². The first kappa shape index (κ1) is 13.7. The maximum absolute atomic E-state index is 12.5. The highest BCUT2D eigenvalue weighted by Crippen LogP contribution is 2.46. The molecule has 9 nitrogen and oxygen atoms in total. The molecule has 0 unspecified atom stereocenters. The molecule has 10 heteroatoms. The average molecular weight is 313 g/mol. The summed E-state index contributed by atoms with van der Waals surface area (Å²) < 4.78 is 28.2. The fourth-order valence-corrected chi connectivity index (χ4v) is 5.01. The number of fused-ring (bicyclic) bond motifs is 1. The second-order valence-corrected chi connectivity index (χ2v) is 7.55. The number of sulfone groups is 1. The van der Waals surface area contributed by atoms with Crippen LogP contribution in [0.5, 0.6) is 0 Å². The molecule has 0 spiro atoms. The number of amides is 1. The Kier molecular flexibility index (Phi) is 2.70.